The SMILES string of the molecule is O=C(O)CCC(=O)N(c1ccccc1)C1c2ccccc2N(C(=O)c2ccccc2)C2CCCC21. The maximum atomic E-state index is 13.7. The summed E-state index contributed by atoms with van der Waals surface area (Å²) in [6.45, 7) is 0. The first-order chi connectivity index (χ1) is 17.1. The summed E-state index contributed by atoms with van der Waals surface area (Å²) in [4.78, 5) is 42.3. The Morgan fingerprint density at radius 3 is 2.20 bits per heavy atom. The molecule has 2 aliphatic rings. The minimum absolute atomic E-state index is 0.0307. The van der Waals surface area contributed by atoms with Gasteiger partial charge in [0.2, 0.25) is 5.91 Å². The number of carboxylic acid groups (broad SMARTS) is 1. The molecule has 3 unspecified atom stereocenters. The van der Waals surface area contributed by atoms with Crippen LogP contribution < -0.4 is 9.80 Å². The van der Waals surface area contributed by atoms with Crippen molar-refractivity contribution in [2.75, 3.05) is 9.80 Å². The third-order valence-electron chi connectivity index (χ3n) is 7.16. The number of rotatable bonds is 6. The van der Waals surface area contributed by atoms with Crippen LogP contribution in [-0.4, -0.2) is 28.9 Å². The highest BCUT2D eigenvalue weighted by Crippen LogP contribution is 2.51. The molecule has 5 rings (SSSR count). The minimum atomic E-state index is -0.992. The molecule has 3 aromatic carbocycles. The van der Waals surface area contributed by atoms with Gasteiger partial charge in [0.1, 0.15) is 0 Å². The predicted octanol–water partition coefficient (Wildman–Crippen LogP) is 5.45. The molecule has 1 aliphatic carbocycles. The molecular weight excluding hydrogens is 440 g/mol. The molecule has 1 saturated carbocycles. The van der Waals surface area contributed by atoms with Crippen molar-refractivity contribution in [1.29, 1.82) is 0 Å². The van der Waals surface area contributed by atoms with Crippen LogP contribution >= 0.6 is 0 Å². The van der Waals surface area contributed by atoms with E-state index >= 15 is 0 Å². The van der Waals surface area contributed by atoms with E-state index in [9.17, 15) is 19.5 Å². The zero-order valence-electron chi connectivity index (χ0n) is 19.4. The van der Waals surface area contributed by atoms with Gasteiger partial charge in [0.15, 0.2) is 0 Å². The van der Waals surface area contributed by atoms with Gasteiger partial charge in [0.25, 0.3) is 5.91 Å². The number of anilines is 2. The van der Waals surface area contributed by atoms with E-state index in [0.29, 0.717) is 5.56 Å². The number of aliphatic carboxylic acids is 1. The van der Waals surface area contributed by atoms with Crippen molar-refractivity contribution in [3.8, 4) is 0 Å². The number of para-hydroxylation sites is 2. The molecule has 0 saturated heterocycles. The number of hydrogen-bond donors (Lipinski definition) is 1. The number of carboxylic acids is 1. The molecule has 6 heteroatoms. The van der Waals surface area contributed by atoms with Gasteiger partial charge in [-0.3, -0.25) is 14.4 Å². The summed E-state index contributed by atoms with van der Waals surface area (Å²) in [7, 11) is 0. The summed E-state index contributed by atoms with van der Waals surface area (Å²) < 4.78 is 0. The molecule has 0 aromatic heterocycles. The Kier molecular flexibility index (Phi) is 6.36. The number of amides is 2. The lowest BCUT2D eigenvalue weighted by molar-refractivity contribution is -0.138. The fourth-order valence-electron chi connectivity index (χ4n) is 5.72. The third-order valence-corrected chi connectivity index (χ3v) is 7.16. The van der Waals surface area contributed by atoms with Crippen LogP contribution in [0.4, 0.5) is 11.4 Å². The first-order valence-electron chi connectivity index (χ1n) is 12.1. The Morgan fingerprint density at radius 1 is 0.829 bits per heavy atom. The summed E-state index contributed by atoms with van der Waals surface area (Å²) in [5.74, 6) is -1.19. The monoisotopic (exact) mass is 468 g/mol. The van der Waals surface area contributed by atoms with Crippen LogP contribution in [0.15, 0.2) is 84.9 Å². The molecule has 178 valence electrons. The highest BCUT2D eigenvalue weighted by Gasteiger charge is 2.49. The van der Waals surface area contributed by atoms with E-state index in [4.69, 9.17) is 0 Å². The Labute approximate surface area is 204 Å². The maximum absolute atomic E-state index is 13.7. The number of nitrogens with zero attached hydrogens (tertiary/aromatic N) is 2. The second-order valence-electron chi connectivity index (χ2n) is 9.20. The molecular formula is C29H28N2O4. The van der Waals surface area contributed by atoms with E-state index < -0.39 is 5.97 Å². The number of fused-ring (bicyclic) bond motifs is 2. The minimum Gasteiger partial charge on any atom is -0.481 e. The Bertz CT molecular complexity index is 1230. The van der Waals surface area contributed by atoms with Crippen LogP contribution in [0.3, 0.4) is 0 Å². The van der Waals surface area contributed by atoms with E-state index in [2.05, 4.69) is 0 Å². The molecule has 0 bridgehead atoms. The summed E-state index contributed by atoms with van der Waals surface area (Å²) in [6, 6.07) is 26.3. The second kappa shape index (κ2) is 9.74. The van der Waals surface area contributed by atoms with E-state index in [0.717, 1.165) is 36.2 Å². The van der Waals surface area contributed by atoms with Crippen molar-refractivity contribution >= 4 is 29.2 Å². The van der Waals surface area contributed by atoms with Gasteiger partial charge in [0.05, 0.1) is 12.5 Å². The fourth-order valence-corrected chi connectivity index (χ4v) is 5.72. The lowest BCUT2D eigenvalue weighted by Crippen LogP contribution is -2.52. The van der Waals surface area contributed by atoms with Gasteiger partial charge >= 0.3 is 5.97 Å². The smallest absolute Gasteiger partial charge is 0.303 e. The lowest BCUT2D eigenvalue weighted by atomic mass is 9.81. The highest BCUT2D eigenvalue weighted by molar-refractivity contribution is 6.08. The number of benzene rings is 3. The highest BCUT2D eigenvalue weighted by atomic mass is 16.4. The molecule has 0 radical (unpaired) electrons. The van der Waals surface area contributed by atoms with Crippen LogP contribution in [0.25, 0.3) is 0 Å². The van der Waals surface area contributed by atoms with E-state index in [1.165, 1.54) is 0 Å². The first-order valence-corrected chi connectivity index (χ1v) is 12.1. The molecule has 0 spiro atoms. The molecule has 1 fully saturated rings. The van der Waals surface area contributed by atoms with Gasteiger partial charge in [-0.05, 0) is 48.7 Å². The predicted molar refractivity (Wildman–Crippen MR) is 134 cm³/mol. The van der Waals surface area contributed by atoms with Crippen LogP contribution in [0.1, 0.15) is 54.1 Å². The van der Waals surface area contributed by atoms with Gasteiger partial charge in [-0.2, -0.15) is 0 Å². The quantitative estimate of drug-likeness (QED) is 0.521. The van der Waals surface area contributed by atoms with Crippen LogP contribution in [-0.2, 0) is 9.59 Å². The average molecular weight is 469 g/mol. The molecule has 1 aliphatic heterocycles. The van der Waals surface area contributed by atoms with Crippen molar-refractivity contribution < 1.29 is 19.5 Å². The van der Waals surface area contributed by atoms with Gasteiger partial charge in [0, 0.05) is 35.3 Å². The van der Waals surface area contributed by atoms with Crippen LogP contribution in [0, 0.1) is 5.92 Å². The Balaban J connectivity index is 1.63. The molecule has 1 N–H and O–H groups in total. The van der Waals surface area contributed by atoms with Gasteiger partial charge < -0.3 is 14.9 Å². The number of carbonyl (C=O) groups is 3. The Morgan fingerprint density at radius 2 is 1.49 bits per heavy atom. The lowest BCUT2D eigenvalue weighted by Gasteiger charge is -2.47. The third kappa shape index (κ3) is 4.32. The second-order valence-corrected chi connectivity index (χ2v) is 9.20. The van der Waals surface area contributed by atoms with E-state index in [-0.39, 0.29) is 42.7 Å². The molecule has 3 aromatic rings. The molecule has 1 heterocycles. The maximum Gasteiger partial charge on any atom is 0.303 e. The van der Waals surface area contributed by atoms with Gasteiger partial charge in [-0.25, -0.2) is 0 Å². The summed E-state index contributed by atoms with van der Waals surface area (Å²) in [5.41, 5.74) is 3.13. The largest absolute Gasteiger partial charge is 0.481 e. The van der Waals surface area contributed by atoms with Gasteiger partial charge in [-0.15, -0.1) is 0 Å². The zero-order valence-corrected chi connectivity index (χ0v) is 19.4. The van der Waals surface area contributed by atoms with Gasteiger partial charge in [-0.1, -0.05) is 61.0 Å². The zero-order chi connectivity index (χ0) is 24.4. The molecule has 35 heavy (non-hydrogen) atoms. The number of hydrogen-bond acceptors (Lipinski definition) is 3. The summed E-state index contributed by atoms with van der Waals surface area (Å²) >= 11 is 0. The normalized spacial score (nSPS) is 20.6. The van der Waals surface area contributed by atoms with Crippen molar-refractivity contribution in [3.63, 3.8) is 0 Å². The van der Waals surface area contributed by atoms with Crippen molar-refractivity contribution in [2.45, 2.75) is 44.2 Å². The average Bonchev–Trinajstić information content (AvgIpc) is 3.37. The summed E-state index contributed by atoms with van der Waals surface area (Å²) in [5, 5.41) is 9.22. The van der Waals surface area contributed by atoms with Crippen molar-refractivity contribution in [3.05, 3.63) is 96.1 Å². The summed E-state index contributed by atoms with van der Waals surface area (Å²) in [6.07, 6.45) is 2.42. The molecule has 6 nitrogen and oxygen atoms in total. The number of carbonyl (C=O) groups excluding carboxylic acids is 2. The van der Waals surface area contributed by atoms with E-state index in [1.54, 1.807) is 4.90 Å². The molecule has 3 atom stereocenters. The fraction of sp³-hybridized carbons (Fsp3) is 0.276. The van der Waals surface area contributed by atoms with E-state index in [1.807, 2.05) is 89.8 Å². The van der Waals surface area contributed by atoms with Crippen molar-refractivity contribution in [1.82, 2.24) is 0 Å². The standard InChI is InChI=1S/C29H28N2O4/c32-26(18-19-27(33)34)30(21-12-5-2-6-13-21)28-22-14-7-8-16-24(22)31(25-17-9-15-23(25)28)29(35)20-10-3-1-4-11-20/h1-8,10-14,16,23,25,28H,9,15,17-19H2,(H,33,34). The van der Waals surface area contributed by atoms with Crippen molar-refractivity contribution in [2.24, 2.45) is 5.92 Å². The van der Waals surface area contributed by atoms with Crippen LogP contribution in [0.2, 0.25) is 0 Å². The topological polar surface area (TPSA) is 77.9 Å². The first kappa shape index (κ1) is 22.8. The molecule has 2 amide bonds. The van der Waals surface area contributed by atoms with Crippen LogP contribution in [0.5, 0.6) is 0 Å². The Hall–Kier alpha value is -3.93.